The van der Waals surface area contributed by atoms with Crippen molar-refractivity contribution in [3.8, 4) is 0 Å². The second-order valence-electron chi connectivity index (χ2n) is 7.92. The van der Waals surface area contributed by atoms with Crippen LogP contribution in [0.25, 0.3) is 0 Å². The third-order valence-electron chi connectivity index (χ3n) is 5.83. The van der Waals surface area contributed by atoms with Crippen LogP contribution in [-0.2, 0) is 13.1 Å². The predicted octanol–water partition coefficient (Wildman–Crippen LogP) is 3.03. The minimum Gasteiger partial charge on any atom is -0.336 e. The van der Waals surface area contributed by atoms with Crippen molar-refractivity contribution in [2.45, 2.75) is 32.4 Å². The summed E-state index contributed by atoms with van der Waals surface area (Å²) in [5.41, 5.74) is 3.20. The molecule has 0 aliphatic carbocycles. The van der Waals surface area contributed by atoms with E-state index in [9.17, 15) is 4.79 Å². The molecule has 0 unspecified atom stereocenters. The summed E-state index contributed by atoms with van der Waals surface area (Å²) in [4.78, 5) is 24.1. The molecule has 0 atom stereocenters. The fourth-order valence-corrected chi connectivity index (χ4v) is 4.14. The molecular formula is C23H30N4O. The molecule has 0 radical (unpaired) electrons. The predicted molar refractivity (Wildman–Crippen MR) is 111 cm³/mol. The van der Waals surface area contributed by atoms with Crippen LogP contribution in [0.4, 0.5) is 0 Å². The quantitative estimate of drug-likeness (QED) is 0.802. The number of rotatable bonds is 5. The van der Waals surface area contributed by atoms with E-state index in [-0.39, 0.29) is 5.91 Å². The number of amides is 1. The maximum atomic E-state index is 12.9. The third kappa shape index (κ3) is 4.97. The Hall–Kier alpha value is -2.24. The summed E-state index contributed by atoms with van der Waals surface area (Å²) in [6, 6.07) is 14.3. The normalized spacial score (nSPS) is 18.9. The van der Waals surface area contributed by atoms with Gasteiger partial charge in [-0.05, 0) is 55.8 Å². The van der Waals surface area contributed by atoms with Crippen LogP contribution in [0.1, 0.15) is 40.9 Å². The maximum absolute atomic E-state index is 12.9. The molecule has 0 N–H and O–H groups in total. The number of aromatic nitrogens is 1. The highest BCUT2D eigenvalue weighted by Crippen LogP contribution is 2.15. The molecule has 1 amide bonds. The van der Waals surface area contributed by atoms with Gasteiger partial charge in [0.25, 0.3) is 5.91 Å². The van der Waals surface area contributed by atoms with Gasteiger partial charge in [0, 0.05) is 51.0 Å². The number of carbonyl (C=O) groups excluding carboxylic acids is 1. The Bertz CT molecular complexity index is 748. The molecule has 0 spiro atoms. The highest BCUT2D eigenvalue weighted by Gasteiger charge is 2.22. The van der Waals surface area contributed by atoms with E-state index in [4.69, 9.17) is 0 Å². The molecule has 1 aromatic heterocycles. The van der Waals surface area contributed by atoms with Crippen molar-refractivity contribution in [2.75, 3.05) is 39.3 Å². The molecule has 0 saturated carbocycles. The number of benzene rings is 1. The maximum Gasteiger partial charge on any atom is 0.253 e. The van der Waals surface area contributed by atoms with Gasteiger partial charge >= 0.3 is 0 Å². The Morgan fingerprint density at radius 2 is 1.50 bits per heavy atom. The van der Waals surface area contributed by atoms with Crippen LogP contribution in [0.5, 0.6) is 0 Å². The largest absolute Gasteiger partial charge is 0.336 e. The van der Waals surface area contributed by atoms with Gasteiger partial charge in [-0.25, -0.2) is 0 Å². The molecule has 5 nitrogen and oxygen atoms in total. The highest BCUT2D eigenvalue weighted by atomic mass is 16.2. The second kappa shape index (κ2) is 9.30. The van der Waals surface area contributed by atoms with Crippen molar-refractivity contribution in [3.63, 3.8) is 0 Å². The van der Waals surface area contributed by atoms with E-state index in [0.717, 1.165) is 50.5 Å². The Balaban J connectivity index is 1.27. The van der Waals surface area contributed by atoms with E-state index in [2.05, 4.69) is 33.0 Å². The number of carbonyl (C=O) groups is 1. The molecule has 2 aromatic rings. The van der Waals surface area contributed by atoms with E-state index >= 15 is 0 Å². The van der Waals surface area contributed by atoms with Gasteiger partial charge < -0.3 is 4.90 Å². The van der Waals surface area contributed by atoms with E-state index in [1.807, 2.05) is 35.4 Å². The van der Waals surface area contributed by atoms with E-state index in [0.29, 0.717) is 0 Å². The Morgan fingerprint density at radius 3 is 2.18 bits per heavy atom. The number of nitrogens with zero attached hydrogens (tertiary/aromatic N) is 4. The molecule has 4 rings (SSSR count). The number of hydrogen-bond acceptors (Lipinski definition) is 4. The van der Waals surface area contributed by atoms with Crippen LogP contribution in [0.3, 0.4) is 0 Å². The summed E-state index contributed by atoms with van der Waals surface area (Å²) < 4.78 is 0. The summed E-state index contributed by atoms with van der Waals surface area (Å²) in [5.74, 6) is 0.155. The number of piperidine rings is 1. The SMILES string of the molecule is O=C(c1ccc(CN2CCCCC2)cc1)N1CCN(Cc2ccccn2)CC1. The lowest BCUT2D eigenvalue weighted by Crippen LogP contribution is -2.48. The Morgan fingerprint density at radius 1 is 0.786 bits per heavy atom. The Kier molecular flexibility index (Phi) is 6.34. The average Bonchev–Trinajstić information content (AvgIpc) is 2.76. The van der Waals surface area contributed by atoms with Crippen LogP contribution in [-0.4, -0.2) is 64.9 Å². The van der Waals surface area contributed by atoms with Crippen molar-refractivity contribution in [1.82, 2.24) is 19.7 Å². The molecular weight excluding hydrogens is 348 g/mol. The van der Waals surface area contributed by atoms with Crippen LogP contribution in [0.2, 0.25) is 0 Å². The number of hydrogen-bond donors (Lipinski definition) is 0. The van der Waals surface area contributed by atoms with Crippen LogP contribution >= 0.6 is 0 Å². The summed E-state index contributed by atoms with van der Waals surface area (Å²) in [6.07, 6.45) is 5.81. The van der Waals surface area contributed by atoms with Crippen molar-refractivity contribution in [2.24, 2.45) is 0 Å². The molecule has 0 bridgehead atoms. The van der Waals surface area contributed by atoms with Gasteiger partial charge in [-0.2, -0.15) is 0 Å². The van der Waals surface area contributed by atoms with Gasteiger partial charge in [0.2, 0.25) is 0 Å². The average molecular weight is 379 g/mol. The molecule has 5 heteroatoms. The van der Waals surface area contributed by atoms with Gasteiger partial charge in [-0.15, -0.1) is 0 Å². The minimum atomic E-state index is 0.155. The first-order chi connectivity index (χ1) is 13.8. The van der Waals surface area contributed by atoms with Gasteiger partial charge in [0.15, 0.2) is 0 Å². The zero-order valence-corrected chi connectivity index (χ0v) is 16.6. The number of likely N-dealkylation sites (tertiary alicyclic amines) is 1. The monoisotopic (exact) mass is 378 g/mol. The van der Waals surface area contributed by atoms with Gasteiger partial charge in [-0.3, -0.25) is 19.6 Å². The number of piperazine rings is 1. The standard InChI is InChI=1S/C23H30N4O/c28-23(21-9-7-20(8-10-21)18-25-12-4-1-5-13-25)27-16-14-26(15-17-27)19-22-6-2-3-11-24-22/h2-3,6-11H,1,4-5,12-19H2. The van der Waals surface area contributed by atoms with Gasteiger partial charge in [0.05, 0.1) is 5.69 Å². The first kappa shape index (κ1) is 19.1. The van der Waals surface area contributed by atoms with E-state index < -0.39 is 0 Å². The van der Waals surface area contributed by atoms with Crippen molar-refractivity contribution in [1.29, 1.82) is 0 Å². The molecule has 148 valence electrons. The summed E-state index contributed by atoms with van der Waals surface area (Å²) >= 11 is 0. The lowest BCUT2D eigenvalue weighted by atomic mass is 10.1. The molecule has 2 saturated heterocycles. The van der Waals surface area contributed by atoms with Crippen molar-refractivity contribution >= 4 is 5.91 Å². The van der Waals surface area contributed by atoms with Gasteiger partial charge in [0.1, 0.15) is 0 Å². The lowest BCUT2D eigenvalue weighted by Gasteiger charge is -2.34. The highest BCUT2D eigenvalue weighted by molar-refractivity contribution is 5.94. The molecule has 1 aromatic carbocycles. The lowest BCUT2D eigenvalue weighted by molar-refractivity contribution is 0.0627. The zero-order valence-electron chi connectivity index (χ0n) is 16.6. The zero-order chi connectivity index (χ0) is 19.2. The van der Waals surface area contributed by atoms with E-state index in [1.165, 1.54) is 37.9 Å². The molecule has 2 fully saturated rings. The summed E-state index contributed by atoms with van der Waals surface area (Å²) in [7, 11) is 0. The van der Waals surface area contributed by atoms with Crippen LogP contribution in [0.15, 0.2) is 48.7 Å². The summed E-state index contributed by atoms with van der Waals surface area (Å²) in [5, 5.41) is 0. The topological polar surface area (TPSA) is 39.7 Å². The first-order valence-corrected chi connectivity index (χ1v) is 10.5. The third-order valence-corrected chi connectivity index (χ3v) is 5.83. The second-order valence-corrected chi connectivity index (χ2v) is 7.92. The van der Waals surface area contributed by atoms with Crippen LogP contribution in [0, 0.1) is 0 Å². The van der Waals surface area contributed by atoms with Crippen LogP contribution < -0.4 is 0 Å². The molecule has 2 aliphatic heterocycles. The van der Waals surface area contributed by atoms with Gasteiger partial charge in [-0.1, -0.05) is 24.6 Å². The van der Waals surface area contributed by atoms with Crippen molar-refractivity contribution in [3.05, 3.63) is 65.5 Å². The molecule has 2 aliphatic rings. The fraction of sp³-hybridized carbons (Fsp3) is 0.478. The van der Waals surface area contributed by atoms with E-state index in [1.54, 1.807) is 0 Å². The number of pyridine rings is 1. The smallest absolute Gasteiger partial charge is 0.253 e. The van der Waals surface area contributed by atoms with Crippen molar-refractivity contribution < 1.29 is 4.79 Å². The molecule has 3 heterocycles. The fourth-order valence-electron chi connectivity index (χ4n) is 4.14. The summed E-state index contributed by atoms with van der Waals surface area (Å²) in [6.45, 7) is 7.61. The Labute approximate surface area is 168 Å². The minimum absolute atomic E-state index is 0.155. The first-order valence-electron chi connectivity index (χ1n) is 10.5. The molecule has 28 heavy (non-hydrogen) atoms.